The first-order valence-electron chi connectivity index (χ1n) is 8.29. The fraction of sp³-hybridized carbons (Fsp3) is 0.111. The van der Waals surface area contributed by atoms with Crippen molar-refractivity contribution < 1.29 is 14.5 Å². The van der Waals surface area contributed by atoms with Crippen molar-refractivity contribution in [2.24, 2.45) is 0 Å². The third-order valence-corrected chi connectivity index (χ3v) is 4.85. The Hall–Kier alpha value is -3.37. The first-order valence-corrected chi connectivity index (χ1v) is 9.54. The Morgan fingerprint density at radius 3 is 2.45 bits per heavy atom. The molecule has 3 rings (SSSR count). The van der Waals surface area contributed by atoms with E-state index in [2.05, 4.69) is 20.8 Å². The third kappa shape index (κ3) is 4.92. The first kappa shape index (κ1) is 20.4. The minimum absolute atomic E-state index is 0.0308. The van der Waals surface area contributed by atoms with Gasteiger partial charge in [-0.2, -0.15) is 0 Å². The van der Waals surface area contributed by atoms with Crippen LogP contribution in [0.2, 0.25) is 0 Å². The van der Waals surface area contributed by atoms with E-state index in [1.54, 1.807) is 36.4 Å². The zero-order chi connectivity index (χ0) is 21.0. The van der Waals surface area contributed by atoms with Gasteiger partial charge in [-0.1, -0.05) is 23.5 Å². The highest BCUT2D eigenvalue weighted by atomic mass is 35.5. The summed E-state index contributed by atoms with van der Waals surface area (Å²) >= 11 is 6.88. The molecule has 0 fully saturated rings. The van der Waals surface area contributed by atoms with Gasteiger partial charge in [0.2, 0.25) is 11.0 Å². The molecule has 0 aliphatic heterocycles. The van der Waals surface area contributed by atoms with E-state index >= 15 is 0 Å². The Morgan fingerprint density at radius 2 is 1.79 bits per heavy atom. The standard InChI is InChI=1S/C18H14ClN5O4S/c1-10(19)15(25)20-14-5-3-2-4-13(14)16(26)21-18-23-22-17(29-18)11-6-8-12(9-7-11)24(27)28/h2-10H,1H3,(H,20,25)(H,21,23,26)/t10-/m0/s1. The quantitative estimate of drug-likeness (QED) is 0.346. The van der Waals surface area contributed by atoms with Gasteiger partial charge in [-0.3, -0.25) is 25.0 Å². The van der Waals surface area contributed by atoms with E-state index in [-0.39, 0.29) is 16.4 Å². The van der Waals surface area contributed by atoms with Crippen LogP contribution in [0, 0.1) is 10.1 Å². The normalized spacial score (nSPS) is 11.5. The molecule has 0 unspecified atom stereocenters. The zero-order valence-electron chi connectivity index (χ0n) is 15.0. The number of carbonyl (C=O) groups excluding carboxylic acids is 2. The van der Waals surface area contributed by atoms with E-state index in [0.717, 1.165) is 11.3 Å². The number of alkyl halides is 1. The van der Waals surface area contributed by atoms with E-state index in [4.69, 9.17) is 11.6 Å². The van der Waals surface area contributed by atoms with Crippen LogP contribution >= 0.6 is 22.9 Å². The van der Waals surface area contributed by atoms with Crippen LogP contribution in [0.25, 0.3) is 10.6 Å². The molecule has 2 amide bonds. The molecular weight excluding hydrogens is 418 g/mol. The highest BCUT2D eigenvalue weighted by molar-refractivity contribution is 7.18. The number of para-hydroxylation sites is 1. The van der Waals surface area contributed by atoms with Gasteiger partial charge >= 0.3 is 0 Å². The smallest absolute Gasteiger partial charge is 0.269 e. The van der Waals surface area contributed by atoms with Gasteiger partial charge in [0.05, 0.1) is 16.2 Å². The second kappa shape index (κ2) is 8.76. The molecule has 1 heterocycles. The minimum Gasteiger partial charge on any atom is -0.324 e. The van der Waals surface area contributed by atoms with Crippen LogP contribution in [-0.4, -0.2) is 32.3 Å². The number of rotatable bonds is 6. The number of hydrogen-bond acceptors (Lipinski definition) is 7. The van der Waals surface area contributed by atoms with Gasteiger partial charge in [0.1, 0.15) is 10.4 Å². The molecule has 2 aromatic carbocycles. The number of nitrogens with zero attached hydrogens (tertiary/aromatic N) is 3. The van der Waals surface area contributed by atoms with Gasteiger partial charge < -0.3 is 5.32 Å². The SMILES string of the molecule is C[C@H](Cl)C(=O)Nc1ccccc1C(=O)Nc1nnc(-c2ccc([N+](=O)[O-])cc2)s1. The lowest BCUT2D eigenvalue weighted by atomic mass is 10.1. The lowest BCUT2D eigenvalue weighted by Gasteiger charge is -2.11. The molecule has 3 aromatic rings. The maximum absolute atomic E-state index is 12.6. The van der Waals surface area contributed by atoms with Crippen molar-refractivity contribution in [3.8, 4) is 10.6 Å². The summed E-state index contributed by atoms with van der Waals surface area (Å²) in [6.07, 6.45) is 0. The predicted octanol–water partition coefficient (Wildman–Crippen LogP) is 3.93. The number of non-ortho nitro benzene ring substituents is 1. The average Bonchev–Trinajstić information content (AvgIpc) is 3.16. The Balaban J connectivity index is 1.76. The van der Waals surface area contributed by atoms with Crippen LogP contribution < -0.4 is 10.6 Å². The average molecular weight is 432 g/mol. The van der Waals surface area contributed by atoms with Gasteiger partial charge in [0, 0.05) is 17.7 Å². The van der Waals surface area contributed by atoms with Gasteiger partial charge in [-0.05, 0) is 31.2 Å². The van der Waals surface area contributed by atoms with Crippen molar-refractivity contribution >= 4 is 51.3 Å². The number of aromatic nitrogens is 2. The van der Waals surface area contributed by atoms with E-state index in [9.17, 15) is 19.7 Å². The summed E-state index contributed by atoms with van der Waals surface area (Å²) in [5, 5.41) is 23.9. The van der Waals surface area contributed by atoms with Crippen molar-refractivity contribution in [1.82, 2.24) is 10.2 Å². The number of halogens is 1. The Kier molecular flexibility index (Phi) is 6.15. The van der Waals surface area contributed by atoms with Crippen LogP contribution in [0.1, 0.15) is 17.3 Å². The van der Waals surface area contributed by atoms with Gasteiger partial charge in [-0.15, -0.1) is 21.8 Å². The molecule has 1 atom stereocenters. The fourth-order valence-corrected chi connectivity index (χ4v) is 3.10. The zero-order valence-corrected chi connectivity index (χ0v) is 16.5. The fourth-order valence-electron chi connectivity index (χ4n) is 2.30. The monoisotopic (exact) mass is 431 g/mol. The number of amides is 2. The summed E-state index contributed by atoms with van der Waals surface area (Å²) in [7, 11) is 0. The molecule has 0 aliphatic rings. The molecule has 2 N–H and O–H groups in total. The molecule has 0 spiro atoms. The first-order chi connectivity index (χ1) is 13.8. The number of carbonyl (C=O) groups is 2. The molecule has 148 valence electrons. The number of nitrogens with one attached hydrogen (secondary N) is 2. The second-order valence-electron chi connectivity index (χ2n) is 5.82. The summed E-state index contributed by atoms with van der Waals surface area (Å²) in [6.45, 7) is 1.53. The lowest BCUT2D eigenvalue weighted by Crippen LogP contribution is -2.23. The largest absolute Gasteiger partial charge is 0.324 e. The summed E-state index contributed by atoms with van der Waals surface area (Å²) in [4.78, 5) is 34.7. The number of hydrogen-bond donors (Lipinski definition) is 2. The molecule has 11 heteroatoms. The highest BCUT2D eigenvalue weighted by Crippen LogP contribution is 2.28. The van der Waals surface area contributed by atoms with E-state index < -0.39 is 22.1 Å². The highest BCUT2D eigenvalue weighted by Gasteiger charge is 2.17. The Labute approximate surface area is 173 Å². The van der Waals surface area contributed by atoms with Gasteiger partial charge in [-0.25, -0.2) is 0 Å². The topological polar surface area (TPSA) is 127 Å². The number of anilines is 2. The molecule has 0 aliphatic carbocycles. The minimum atomic E-state index is -0.751. The molecule has 29 heavy (non-hydrogen) atoms. The molecule has 0 radical (unpaired) electrons. The number of nitro benzene ring substituents is 1. The molecular formula is C18H14ClN5O4S. The van der Waals surface area contributed by atoms with Crippen molar-refractivity contribution in [3.05, 3.63) is 64.2 Å². The summed E-state index contributed by atoms with van der Waals surface area (Å²) in [6, 6.07) is 12.3. The van der Waals surface area contributed by atoms with Crippen LogP contribution in [0.4, 0.5) is 16.5 Å². The van der Waals surface area contributed by atoms with Crippen molar-refractivity contribution in [3.63, 3.8) is 0 Å². The molecule has 9 nitrogen and oxygen atoms in total. The maximum atomic E-state index is 12.6. The summed E-state index contributed by atoms with van der Waals surface area (Å²) < 4.78 is 0. The third-order valence-electron chi connectivity index (χ3n) is 3.76. The van der Waals surface area contributed by atoms with Crippen molar-refractivity contribution in [2.75, 3.05) is 10.6 Å². The van der Waals surface area contributed by atoms with Crippen LogP contribution in [0.15, 0.2) is 48.5 Å². The second-order valence-corrected chi connectivity index (χ2v) is 7.45. The summed E-state index contributed by atoms with van der Waals surface area (Å²) in [5.74, 6) is -0.905. The van der Waals surface area contributed by atoms with E-state index in [0.29, 0.717) is 16.3 Å². The van der Waals surface area contributed by atoms with E-state index in [1.165, 1.54) is 19.1 Å². The molecule has 0 saturated heterocycles. The molecule has 0 bridgehead atoms. The summed E-state index contributed by atoms with van der Waals surface area (Å²) in [5.41, 5.74) is 1.17. The maximum Gasteiger partial charge on any atom is 0.269 e. The van der Waals surface area contributed by atoms with Gasteiger partial charge in [0.15, 0.2) is 0 Å². The Morgan fingerprint density at radius 1 is 1.10 bits per heavy atom. The number of nitro groups is 1. The van der Waals surface area contributed by atoms with Crippen molar-refractivity contribution in [2.45, 2.75) is 12.3 Å². The van der Waals surface area contributed by atoms with Gasteiger partial charge in [0.25, 0.3) is 11.6 Å². The molecule has 0 saturated carbocycles. The van der Waals surface area contributed by atoms with Crippen LogP contribution in [0.5, 0.6) is 0 Å². The van der Waals surface area contributed by atoms with Crippen molar-refractivity contribution in [1.29, 1.82) is 0 Å². The Bertz CT molecular complexity index is 1070. The predicted molar refractivity (Wildman–Crippen MR) is 110 cm³/mol. The molecule has 1 aromatic heterocycles. The van der Waals surface area contributed by atoms with E-state index in [1.807, 2.05) is 0 Å². The number of benzene rings is 2. The van der Waals surface area contributed by atoms with Crippen LogP contribution in [-0.2, 0) is 4.79 Å². The lowest BCUT2D eigenvalue weighted by molar-refractivity contribution is -0.384. The van der Waals surface area contributed by atoms with Crippen LogP contribution in [0.3, 0.4) is 0 Å².